The Morgan fingerprint density at radius 2 is 2.28 bits per heavy atom. The molecule has 0 aliphatic rings. The number of nitrogens with zero attached hydrogens (tertiary/aromatic N) is 2. The van der Waals surface area contributed by atoms with Gasteiger partial charge in [-0.2, -0.15) is 0 Å². The Morgan fingerprint density at radius 3 is 2.83 bits per heavy atom. The molecular formula is C11H13BrN4OS. The second-order valence-corrected chi connectivity index (χ2v) is 5.87. The van der Waals surface area contributed by atoms with Gasteiger partial charge in [0, 0.05) is 22.5 Å². The average molecular weight is 329 g/mol. The third-order valence-electron chi connectivity index (χ3n) is 2.50. The molecule has 0 fully saturated rings. The minimum atomic E-state index is -0.225. The molecular weight excluding hydrogens is 316 g/mol. The Balaban J connectivity index is 2.40. The summed E-state index contributed by atoms with van der Waals surface area (Å²) in [6.45, 7) is 1.93. The summed E-state index contributed by atoms with van der Waals surface area (Å²) in [6.07, 6.45) is 0. The van der Waals surface area contributed by atoms with Crippen molar-refractivity contribution < 1.29 is 0 Å². The van der Waals surface area contributed by atoms with Gasteiger partial charge in [0.15, 0.2) is 5.16 Å². The van der Waals surface area contributed by atoms with E-state index in [1.165, 1.54) is 16.3 Å². The van der Waals surface area contributed by atoms with Crippen molar-refractivity contribution in [3.05, 3.63) is 38.7 Å². The fourth-order valence-electron chi connectivity index (χ4n) is 1.49. The molecule has 0 bridgehead atoms. The normalized spacial score (nSPS) is 12.7. The predicted molar refractivity (Wildman–Crippen MR) is 74.7 cm³/mol. The monoisotopic (exact) mass is 328 g/mol. The first-order chi connectivity index (χ1) is 8.49. The number of hydrogen-bond acceptors (Lipinski definition) is 4. The maximum Gasteiger partial charge on any atom is 0.343 e. The van der Waals surface area contributed by atoms with Crippen molar-refractivity contribution in [3.63, 3.8) is 0 Å². The highest BCUT2D eigenvalue weighted by molar-refractivity contribution is 9.10. The molecule has 1 aromatic heterocycles. The van der Waals surface area contributed by atoms with Gasteiger partial charge in [-0.1, -0.05) is 15.9 Å². The third kappa shape index (κ3) is 2.68. The number of nitrogens with one attached hydrogen (secondary N) is 1. The van der Waals surface area contributed by atoms with Crippen molar-refractivity contribution in [2.45, 2.75) is 23.0 Å². The maximum atomic E-state index is 11.3. The average Bonchev–Trinajstić information content (AvgIpc) is 2.63. The first-order valence-electron chi connectivity index (χ1n) is 5.33. The van der Waals surface area contributed by atoms with Crippen LogP contribution in [0.25, 0.3) is 0 Å². The molecule has 7 heteroatoms. The van der Waals surface area contributed by atoms with Crippen LogP contribution in [0.5, 0.6) is 0 Å². The molecule has 0 spiro atoms. The van der Waals surface area contributed by atoms with Gasteiger partial charge in [-0.15, -0.1) is 5.10 Å². The fourth-order valence-corrected chi connectivity index (χ4v) is 2.88. The highest BCUT2D eigenvalue weighted by Crippen LogP contribution is 2.32. The van der Waals surface area contributed by atoms with Crippen molar-refractivity contribution in [2.24, 2.45) is 12.8 Å². The van der Waals surface area contributed by atoms with Crippen molar-refractivity contribution in [1.29, 1.82) is 0 Å². The minimum Gasteiger partial charge on any atom is -0.324 e. The molecule has 0 aliphatic heterocycles. The van der Waals surface area contributed by atoms with Gasteiger partial charge in [-0.3, -0.25) is 4.57 Å². The van der Waals surface area contributed by atoms with Gasteiger partial charge in [0.2, 0.25) is 0 Å². The molecule has 0 saturated carbocycles. The highest BCUT2D eigenvalue weighted by atomic mass is 79.9. The maximum absolute atomic E-state index is 11.3. The molecule has 0 amide bonds. The molecule has 3 N–H and O–H groups in total. The van der Waals surface area contributed by atoms with E-state index in [1.807, 2.05) is 25.1 Å². The van der Waals surface area contributed by atoms with Crippen LogP contribution in [0, 0.1) is 0 Å². The smallest absolute Gasteiger partial charge is 0.324 e. The molecule has 5 nitrogen and oxygen atoms in total. The molecule has 1 heterocycles. The van der Waals surface area contributed by atoms with Gasteiger partial charge in [-0.25, -0.2) is 9.89 Å². The largest absolute Gasteiger partial charge is 0.343 e. The number of halogens is 1. The van der Waals surface area contributed by atoms with Crippen molar-refractivity contribution in [2.75, 3.05) is 0 Å². The Morgan fingerprint density at radius 1 is 1.56 bits per heavy atom. The number of rotatable bonds is 3. The molecule has 0 saturated heterocycles. The number of nitrogens with two attached hydrogens (primary N) is 1. The molecule has 96 valence electrons. The molecule has 1 unspecified atom stereocenters. The van der Waals surface area contributed by atoms with Gasteiger partial charge < -0.3 is 5.73 Å². The number of benzene rings is 1. The molecule has 1 aromatic carbocycles. The van der Waals surface area contributed by atoms with Crippen molar-refractivity contribution >= 4 is 27.7 Å². The van der Waals surface area contributed by atoms with Gasteiger partial charge in [0.1, 0.15) is 0 Å². The van der Waals surface area contributed by atoms with Crippen LogP contribution in [0.2, 0.25) is 0 Å². The Labute approximate surface area is 117 Å². The van der Waals surface area contributed by atoms with Crippen molar-refractivity contribution in [1.82, 2.24) is 14.8 Å². The highest BCUT2D eigenvalue weighted by Gasteiger charge is 2.12. The van der Waals surface area contributed by atoms with Crippen LogP contribution in [0.4, 0.5) is 0 Å². The molecule has 2 rings (SSSR count). The lowest BCUT2D eigenvalue weighted by Gasteiger charge is -2.12. The van der Waals surface area contributed by atoms with Gasteiger partial charge in [-0.05, 0) is 42.4 Å². The third-order valence-corrected chi connectivity index (χ3v) is 4.14. The first-order valence-corrected chi connectivity index (χ1v) is 6.94. The van der Waals surface area contributed by atoms with E-state index in [1.54, 1.807) is 7.05 Å². The molecule has 18 heavy (non-hydrogen) atoms. The van der Waals surface area contributed by atoms with E-state index < -0.39 is 0 Å². The molecule has 1 atom stereocenters. The standard InChI is InChI=1S/C11H13BrN4OS/c1-6(13)8-5-7(12)3-4-9(8)18-11-15-14-10(17)16(11)2/h3-6H,13H2,1-2H3,(H,14,17). The Hall–Kier alpha value is -1.05. The van der Waals surface area contributed by atoms with E-state index in [9.17, 15) is 4.79 Å². The quantitative estimate of drug-likeness (QED) is 0.903. The lowest BCUT2D eigenvalue weighted by atomic mass is 10.1. The van der Waals surface area contributed by atoms with Crippen LogP contribution in [0.15, 0.2) is 37.5 Å². The first kappa shape index (κ1) is 13.4. The van der Waals surface area contributed by atoms with Crippen LogP contribution in [-0.2, 0) is 7.05 Å². The van der Waals surface area contributed by atoms with Crippen molar-refractivity contribution in [3.8, 4) is 0 Å². The number of hydrogen-bond donors (Lipinski definition) is 2. The number of H-pyrrole nitrogens is 1. The molecule has 0 aliphatic carbocycles. The lowest BCUT2D eigenvalue weighted by Crippen LogP contribution is -2.13. The summed E-state index contributed by atoms with van der Waals surface area (Å²) in [6, 6.07) is 5.81. The van der Waals surface area contributed by atoms with E-state index >= 15 is 0 Å². The van der Waals surface area contributed by atoms with Crippen LogP contribution < -0.4 is 11.4 Å². The van der Waals surface area contributed by atoms with E-state index in [-0.39, 0.29) is 11.7 Å². The fraction of sp³-hybridized carbons (Fsp3) is 0.273. The SMILES string of the molecule is CC(N)c1cc(Br)ccc1Sc1n[nH]c(=O)n1C. The Bertz CT molecular complexity index is 620. The molecule has 0 radical (unpaired) electrons. The summed E-state index contributed by atoms with van der Waals surface area (Å²) < 4.78 is 2.45. The summed E-state index contributed by atoms with van der Waals surface area (Å²) in [5.74, 6) is 0. The summed E-state index contributed by atoms with van der Waals surface area (Å²) in [4.78, 5) is 12.3. The van der Waals surface area contributed by atoms with Crippen LogP contribution >= 0.6 is 27.7 Å². The zero-order valence-corrected chi connectivity index (χ0v) is 12.4. The summed E-state index contributed by atoms with van der Waals surface area (Å²) in [5, 5.41) is 7.00. The number of aromatic nitrogens is 3. The minimum absolute atomic E-state index is 0.0824. The summed E-state index contributed by atoms with van der Waals surface area (Å²) >= 11 is 4.85. The van der Waals surface area contributed by atoms with Crippen LogP contribution in [0.1, 0.15) is 18.5 Å². The van der Waals surface area contributed by atoms with Gasteiger partial charge in [0.25, 0.3) is 0 Å². The second kappa shape index (κ2) is 5.29. The zero-order chi connectivity index (χ0) is 13.3. The molecule has 2 aromatic rings. The van der Waals surface area contributed by atoms with Crippen LogP contribution in [0.3, 0.4) is 0 Å². The topological polar surface area (TPSA) is 76.7 Å². The number of aromatic amines is 1. The second-order valence-electron chi connectivity index (χ2n) is 3.94. The van der Waals surface area contributed by atoms with E-state index in [0.717, 1.165) is 14.9 Å². The van der Waals surface area contributed by atoms with Gasteiger partial charge >= 0.3 is 5.69 Å². The Kier molecular flexibility index (Phi) is 3.94. The summed E-state index contributed by atoms with van der Waals surface area (Å²) in [5.41, 5.74) is 6.74. The predicted octanol–water partition coefficient (Wildman–Crippen LogP) is 2.04. The van der Waals surface area contributed by atoms with E-state index in [0.29, 0.717) is 5.16 Å². The van der Waals surface area contributed by atoms with E-state index in [2.05, 4.69) is 26.1 Å². The van der Waals surface area contributed by atoms with E-state index in [4.69, 9.17) is 5.73 Å². The summed E-state index contributed by atoms with van der Waals surface area (Å²) in [7, 11) is 1.68. The lowest BCUT2D eigenvalue weighted by molar-refractivity contribution is 0.762. The zero-order valence-electron chi connectivity index (χ0n) is 9.98. The van der Waals surface area contributed by atoms with Crippen LogP contribution in [-0.4, -0.2) is 14.8 Å². The van der Waals surface area contributed by atoms with Gasteiger partial charge in [0.05, 0.1) is 0 Å².